The van der Waals surface area contributed by atoms with E-state index in [-0.39, 0.29) is 11.9 Å². The molecule has 0 N–H and O–H groups in total. The number of rotatable bonds is 6. The molecule has 1 aliphatic heterocycles. The van der Waals surface area contributed by atoms with Gasteiger partial charge in [-0.3, -0.25) is 9.69 Å². The summed E-state index contributed by atoms with van der Waals surface area (Å²) in [7, 11) is 1.99. The Morgan fingerprint density at radius 1 is 1.33 bits per heavy atom. The Bertz CT molecular complexity index is 470. The summed E-state index contributed by atoms with van der Waals surface area (Å²) in [6, 6.07) is 7.92. The maximum absolute atomic E-state index is 12.3. The van der Waals surface area contributed by atoms with Crippen LogP contribution in [-0.2, 0) is 4.79 Å². The quantitative estimate of drug-likeness (QED) is 0.806. The van der Waals surface area contributed by atoms with Crippen molar-refractivity contribution in [2.75, 3.05) is 33.3 Å². The van der Waals surface area contributed by atoms with E-state index in [1.807, 2.05) is 50.1 Å². The van der Waals surface area contributed by atoms with Gasteiger partial charge in [-0.25, -0.2) is 0 Å². The highest BCUT2D eigenvalue weighted by Gasteiger charge is 2.25. The summed E-state index contributed by atoms with van der Waals surface area (Å²) in [5, 5.41) is 0. The van der Waals surface area contributed by atoms with Crippen molar-refractivity contribution < 1.29 is 9.53 Å². The first-order valence-electron chi connectivity index (χ1n) is 7.77. The number of hydrogen-bond donors (Lipinski definition) is 0. The minimum atomic E-state index is -0.0800. The van der Waals surface area contributed by atoms with Crippen LogP contribution in [0.4, 0.5) is 0 Å². The van der Waals surface area contributed by atoms with Gasteiger partial charge in [-0.15, -0.1) is 0 Å². The second kappa shape index (κ2) is 7.46. The average Bonchev–Trinajstić information content (AvgIpc) is 3.01. The zero-order valence-corrected chi connectivity index (χ0v) is 13.3. The third kappa shape index (κ3) is 4.21. The summed E-state index contributed by atoms with van der Waals surface area (Å²) < 4.78 is 5.80. The van der Waals surface area contributed by atoms with E-state index >= 15 is 0 Å². The van der Waals surface area contributed by atoms with Gasteiger partial charge >= 0.3 is 0 Å². The molecule has 4 heteroatoms. The van der Waals surface area contributed by atoms with Crippen LogP contribution in [0.15, 0.2) is 24.3 Å². The molecule has 1 aromatic rings. The van der Waals surface area contributed by atoms with Gasteiger partial charge in [-0.1, -0.05) is 18.2 Å². The number of amides is 1. The number of likely N-dealkylation sites (N-methyl/N-ethyl adjacent to an activating group) is 1. The molecule has 1 unspecified atom stereocenters. The SMILES string of the molecule is Cc1ccccc1OCCN(C)C(C)C(=O)N1CCCC1. The molecule has 0 spiro atoms. The van der Waals surface area contributed by atoms with Crippen molar-refractivity contribution in [1.82, 2.24) is 9.80 Å². The lowest BCUT2D eigenvalue weighted by Crippen LogP contribution is -2.45. The van der Waals surface area contributed by atoms with E-state index in [2.05, 4.69) is 4.90 Å². The molecule has 1 aliphatic rings. The molecule has 2 rings (SSSR count). The van der Waals surface area contributed by atoms with E-state index in [4.69, 9.17) is 4.74 Å². The predicted octanol–water partition coefficient (Wildman–Crippen LogP) is 2.32. The van der Waals surface area contributed by atoms with E-state index in [1.54, 1.807) is 0 Å². The fourth-order valence-corrected chi connectivity index (χ4v) is 2.60. The first kappa shape index (κ1) is 15.8. The predicted molar refractivity (Wildman–Crippen MR) is 84.6 cm³/mol. The molecule has 116 valence electrons. The summed E-state index contributed by atoms with van der Waals surface area (Å²) in [6.07, 6.45) is 2.27. The number of ether oxygens (including phenoxy) is 1. The van der Waals surface area contributed by atoms with Crippen LogP contribution in [0.1, 0.15) is 25.3 Å². The van der Waals surface area contributed by atoms with Gasteiger partial charge in [0.2, 0.25) is 5.91 Å². The van der Waals surface area contributed by atoms with Gasteiger partial charge in [0.25, 0.3) is 0 Å². The third-order valence-electron chi connectivity index (χ3n) is 4.23. The molecular weight excluding hydrogens is 264 g/mol. The van der Waals surface area contributed by atoms with Crippen molar-refractivity contribution in [3.05, 3.63) is 29.8 Å². The van der Waals surface area contributed by atoms with Crippen molar-refractivity contribution in [2.45, 2.75) is 32.7 Å². The normalized spacial score (nSPS) is 16.3. The summed E-state index contributed by atoms with van der Waals surface area (Å²) in [5.41, 5.74) is 1.14. The fourth-order valence-electron chi connectivity index (χ4n) is 2.60. The molecule has 4 nitrogen and oxygen atoms in total. The van der Waals surface area contributed by atoms with Gasteiger partial charge in [-0.2, -0.15) is 0 Å². The number of likely N-dealkylation sites (tertiary alicyclic amines) is 1. The maximum Gasteiger partial charge on any atom is 0.239 e. The van der Waals surface area contributed by atoms with Gasteiger partial charge in [0.1, 0.15) is 12.4 Å². The average molecular weight is 290 g/mol. The molecule has 0 radical (unpaired) electrons. The molecular formula is C17H26N2O2. The molecule has 1 amide bonds. The lowest BCUT2D eigenvalue weighted by atomic mass is 10.2. The minimum absolute atomic E-state index is 0.0800. The molecule has 1 atom stereocenters. The van der Waals surface area contributed by atoms with E-state index in [0.29, 0.717) is 6.61 Å². The largest absolute Gasteiger partial charge is 0.492 e. The van der Waals surface area contributed by atoms with Crippen LogP contribution in [0.3, 0.4) is 0 Å². The van der Waals surface area contributed by atoms with Gasteiger partial charge < -0.3 is 9.64 Å². The molecule has 1 fully saturated rings. The summed E-state index contributed by atoms with van der Waals surface area (Å²) >= 11 is 0. The van der Waals surface area contributed by atoms with Crippen molar-refractivity contribution in [3.63, 3.8) is 0 Å². The van der Waals surface area contributed by atoms with E-state index in [9.17, 15) is 4.79 Å². The third-order valence-corrected chi connectivity index (χ3v) is 4.23. The number of hydrogen-bond acceptors (Lipinski definition) is 3. The second-order valence-corrected chi connectivity index (χ2v) is 5.80. The topological polar surface area (TPSA) is 32.8 Å². The molecule has 0 bridgehead atoms. The zero-order valence-electron chi connectivity index (χ0n) is 13.3. The number of para-hydroxylation sites is 1. The Labute approximate surface area is 127 Å². The van der Waals surface area contributed by atoms with Crippen LogP contribution in [0.2, 0.25) is 0 Å². The van der Waals surface area contributed by atoms with Gasteiger partial charge in [0.05, 0.1) is 6.04 Å². The lowest BCUT2D eigenvalue weighted by Gasteiger charge is -2.27. The van der Waals surface area contributed by atoms with Gasteiger partial charge in [-0.05, 0) is 45.4 Å². The number of aryl methyl sites for hydroxylation is 1. The molecule has 1 aromatic carbocycles. The first-order valence-corrected chi connectivity index (χ1v) is 7.77. The molecule has 0 aromatic heterocycles. The zero-order chi connectivity index (χ0) is 15.2. The van der Waals surface area contributed by atoms with Crippen LogP contribution in [0, 0.1) is 6.92 Å². The highest BCUT2D eigenvalue weighted by molar-refractivity contribution is 5.81. The Morgan fingerprint density at radius 2 is 2.00 bits per heavy atom. The Hall–Kier alpha value is -1.55. The van der Waals surface area contributed by atoms with E-state index < -0.39 is 0 Å². The highest BCUT2D eigenvalue weighted by atomic mass is 16.5. The van der Waals surface area contributed by atoms with E-state index in [1.165, 1.54) is 0 Å². The van der Waals surface area contributed by atoms with Crippen molar-refractivity contribution >= 4 is 5.91 Å². The summed E-state index contributed by atoms with van der Waals surface area (Å²) in [4.78, 5) is 16.4. The maximum atomic E-state index is 12.3. The number of nitrogens with zero attached hydrogens (tertiary/aromatic N) is 2. The van der Waals surface area contributed by atoms with Crippen molar-refractivity contribution in [2.24, 2.45) is 0 Å². The van der Waals surface area contributed by atoms with Gasteiger partial charge in [0, 0.05) is 19.6 Å². The molecule has 1 saturated heterocycles. The number of carbonyl (C=O) groups excluding carboxylic acids is 1. The summed E-state index contributed by atoms with van der Waals surface area (Å²) in [6.45, 7) is 7.19. The molecule has 0 aliphatic carbocycles. The first-order chi connectivity index (χ1) is 10.1. The molecule has 21 heavy (non-hydrogen) atoms. The second-order valence-electron chi connectivity index (χ2n) is 5.80. The Balaban J connectivity index is 1.77. The number of benzene rings is 1. The van der Waals surface area contributed by atoms with Crippen LogP contribution >= 0.6 is 0 Å². The fraction of sp³-hybridized carbons (Fsp3) is 0.588. The van der Waals surface area contributed by atoms with Crippen molar-refractivity contribution in [1.29, 1.82) is 0 Å². The number of carbonyl (C=O) groups is 1. The Morgan fingerprint density at radius 3 is 2.67 bits per heavy atom. The van der Waals surface area contributed by atoms with Crippen LogP contribution in [-0.4, -0.2) is 55.0 Å². The standard InChI is InChI=1S/C17H26N2O2/c1-14-8-4-5-9-16(14)21-13-12-18(3)15(2)17(20)19-10-6-7-11-19/h4-5,8-9,15H,6-7,10-13H2,1-3H3. The highest BCUT2D eigenvalue weighted by Crippen LogP contribution is 2.16. The monoisotopic (exact) mass is 290 g/mol. The van der Waals surface area contributed by atoms with Gasteiger partial charge in [0.15, 0.2) is 0 Å². The lowest BCUT2D eigenvalue weighted by molar-refractivity contribution is -0.134. The molecule has 1 heterocycles. The van der Waals surface area contributed by atoms with Crippen LogP contribution < -0.4 is 4.74 Å². The van der Waals surface area contributed by atoms with E-state index in [0.717, 1.165) is 43.8 Å². The minimum Gasteiger partial charge on any atom is -0.492 e. The van der Waals surface area contributed by atoms with Crippen LogP contribution in [0.25, 0.3) is 0 Å². The summed E-state index contributed by atoms with van der Waals surface area (Å²) in [5.74, 6) is 1.16. The van der Waals surface area contributed by atoms with Crippen LogP contribution in [0.5, 0.6) is 5.75 Å². The smallest absolute Gasteiger partial charge is 0.239 e. The van der Waals surface area contributed by atoms with Crippen molar-refractivity contribution in [3.8, 4) is 5.75 Å². The molecule has 0 saturated carbocycles. The Kier molecular flexibility index (Phi) is 5.62.